The van der Waals surface area contributed by atoms with E-state index >= 15 is 0 Å². The molecule has 156 valence electrons. The van der Waals surface area contributed by atoms with E-state index in [1.165, 1.54) is 0 Å². The first-order valence-electron chi connectivity index (χ1n) is 9.97. The van der Waals surface area contributed by atoms with E-state index in [9.17, 15) is 4.79 Å². The molecule has 0 spiro atoms. The summed E-state index contributed by atoms with van der Waals surface area (Å²) in [5.74, 6) is -2.64. The van der Waals surface area contributed by atoms with Crippen molar-refractivity contribution in [2.75, 3.05) is 0 Å². The summed E-state index contributed by atoms with van der Waals surface area (Å²) in [6, 6.07) is 9.10. The van der Waals surface area contributed by atoms with Crippen molar-refractivity contribution >= 4 is 5.78 Å². The highest BCUT2D eigenvalue weighted by molar-refractivity contribution is 6.03. The molecule has 2 aliphatic heterocycles. The van der Waals surface area contributed by atoms with Gasteiger partial charge in [0, 0.05) is 12.0 Å². The Morgan fingerprint density at radius 2 is 1.29 bits per heavy atom. The fraction of sp³-hybridized carbons (Fsp3) is 0.696. The molecule has 0 bridgehead atoms. The Morgan fingerprint density at radius 1 is 0.786 bits per heavy atom. The van der Waals surface area contributed by atoms with Crippen LogP contribution in [0.4, 0.5) is 0 Å². The summed E-state index contributed by atoms with van der Waals surface area (Å²) in [4.78, 5) is 36.0. The molecule has 5 nitrogen and oxygen atoms in total. The van der Waals surface area contributed by atoms with E-state index in [2.05, 4.69) is 55.4 Å². The standard InChI is InChI=1S/C23H34O5/c1-18(2,3)20(7,8)15-22(25-26-22)21(9,19(4,5)6)23(27-28-23)17(24)16-13-11-10-12-14-16/h10-14H,15H2,1-9H3. The maximum absolute atomic E-state index is 13.5. The van der Waals surface area contributed by atoms with E-state index in [4.69, 9.17) is 19.6 Å². The van der Waals surface area contributed by atoms with Gasteiger partial charge < -0.3 is 0 Å². The predicted octanol–water partition coefficient (Wildman–Crippen LogP) is 5.70. The summed E-state index contributed by atoms with van der Waals surface area (Å²) in [7, 11) is 0. The molecule has 0 saturated carbocycles. The van der Waals surface area contributed by atoms with Crippen LogP contribution in [0.25, 0.3) is 0 Å². The number of benzene rings is 1. The molecule has 28 heavy (non-hydrogen) atoms. The minimum absolute atomic E-state index is 0.00989. The summed E-state index contributed by atoms with van der Waals surface area (Å²) in [5, 5.41) is 0. The molecule has 1 unspecified atom stereocenters. The molecule has 0 radical (unpaired) electrons. The van der Waals surface area contributed by atoms with Crippen molar-refractivity contribution in [3.8, 4) is 0 Å². The van der Waals surface area contributed by atoms with Crippen LogP contribution in [0, 0.1) is 21.7 Å². The van der Waals surface area contributed by atoms with Gasteiger partial charge in [-0.15, -0.1) is 0 Å². The highest BCUT2D eigenvalue weighted by Crippen LogP contribution is 2.70. The number of hydrogen-bond donors (Lipinski definition) is 0. The monoisotopic (exact) mass is 390 g/mol. The second-order valence-electron chi connectivity index (χ2n) is 11.1. The van der Waals surface area contributed by atoms with Crippen LogP contribution < -0.4 is 0 Å². The van der Waals surface area contributed by atoms with Gasteiger partial charge in [-0.25, -0.2) is 0 Å². The first-order valence-corrected chi connectivity index (χ1v) is 9.97. The number of ketones is 1. The van der Waals surface area contributed by atoms with Gasteiger partial charge in [0.25, 0.3) is 0 Å². The Bertz CT molecular complexity index is 745. The summed E-state index contributed by atoms with van der Waals surface area (Å²) in [5.41, 5.74) is -0.875. The number of carbonyl (C=O) groups is 1. The summed E-state index contributed by atoms with van der Waals surface area (Å²) >= 11 is 0. The molecule has 0 amide bonds. The lowest BCUT2D eigenvalue weighted by Gasteiger charge is -2.48. The van der Waals surface area contributed by atoms with Crippen molar-refractivity contribution in [1.29, 1.82) is 0 Å². The molecule has 5 heteroatoms. The van der Waals surface area contributed by atoms with Crippen LogP contribution in [-0.2, 0) is 19.6 Å². The number of hydrogen-bond acceptors (Lipinski definition) is 5. The summed E-state index contributed by atoms with van der Waals surface area (Å²) in [6.45, 7) is 19.2. The highest BCUT2D eigenvalue weighted by atomic mass is 17.4. The van der Waals surface area contributed by atoms with E-state index in [0.29, 0.717) is 12.0 Å². The van der Waals surface area contributed by atoms with Crippen molar-refractivity contribution in [2.24, 2.45) is 21.7 Å². The molecular formula is C23H34O5. The van der Waals surface area contributed by atoms with Crippen LogP contribution in [0.3, 0.4) is 0 Å². The van der Waals surface area contributed by atoms with Gasteiger partial charge in [0.2, 0.25) is 11.6 Å². The van der Waals surface area contributed by atoms with Crippen LogP contribution in [0.2, 0.25) is 0 Å². The van der Waals surface area contributed by atoms with E-state index < -0.39 is 22.4 Å². The lowest BCUT2D eigenvalue weighted by atomic mass is 9.54. The Kier molecular flexibility index (Phi) is 4.68. The topological polar surface area (TPSA) is 67.2 Å². The van der Waals surface area contributed by atoms with Crippen LogP contribution in [-0.4, -0.2) is 17.4 Å². The van der Waals surface area contributed by atoms with E-state index in [-0.39, 0.29) is 16.6 Å². The fourth-order valence-corrected chi connectivity index (χ4v) is 3.91. The Morgan fingerprint density at radius 3 is 1.64 bits per heavy atom. The second kappa shape index (κ2) is 6.11. The zero-order valence-electron chi connectivity index (χ0n) is 18.6. The molecular weight excluding hydrogens is 356 g/mol. The zero-order valence-corrected chi connectivity index (χ0v) is 18.6. The summed E-state index contributed by atoms with van der Waals surface area (Å²) < 4.78 is 0. The van der Waals surface area contributed by atoms with Gasteiger partial charge in [-0.1, -0.05) is 85.7 Å². The molecule has 2 saturated heterocycles. The third-order valence-corrected chi connectivity index (χ3v) is 7.49. The van der Waals surface area contributed by atoms with Gasteiger partial charge in [-0.05, 0) is 23.2 Å². The quantitative estimate of drug-likeness (QED) is 0.354. The minimum atomic E-state index is -1.45. The average Bonchev–Trinajstić information content (AvgIpc) is 3.47. The van der Waals surface area contributed by atoms with Crippen molar-refractivity contribution in [3.63, 3.8) is 0 Å². The molecule has 0 aromatic heterocycles. The Labute approximate surface area is 168 Å². The first-order chi connectivity index (χ1) is 12.6. The molecule has 2 fully saturated rings. The lowest BCUT2D eigenvalue weighted by molar-refractivity contribution is -0.0898. The van der Waals surface area contributed by atoms with Crippen LogP contribution in [0.1, 0.15) is 79.1 Å². The third kappa shape index (κ3) is 2.95. The third-order valence-electron chi connectivity index (χ3n) is 7.49. The molecule has 2 heterocycles. The smallest absolute Gasteiger partial charge is 0.288 e. The van der Waals surface area contributed by atoms with Crippen molar-refractivity contribution in [3.05, 3.63) is 35.9 Å². The van der Waals surface area contributed by atoms with Gasteiger partial charge in [0.05, 0.1) is 5.41 Å². The zero-order chi connectivity index (χ0) is 21.2. The lowest BCUT2D eigenvalue weighted by Crippen LogP contribution is -2.60. The molecule has 1 aromatic rings. The Hall–Kier alpha value is -1.27. The van der Waals surface area contributed by atoms with Crippen LogP contribution >= 0.6 is 0 Å². The van der Waals surface area contributed by atoms with Gasteiger partial charge in [0.15, 0.2) is 0 Å². The van der Waals surface area contributed by atoms with Gasteiger partial charge in [-0.2, -0.15) is 19.6 Å². The van der Waals surface area contributed by atoms with Crippen molar-refractivity contribution in [1.82, 2.24) is 0 Å². The molecule has 0 aliphatic carbocycles. The minimum Gasteiger partial charge on any atom is -0.288 e. The molecule has 0 N–H and O–H groups in total. The maximum Gasteiger partial charge on any atom is 0.306 e. The molecule has 1 aromatic carbocycles. The second-order valence-corrected chi connectivity index (χ2v) is 11.1. The number of Topliss-reactive ketones (excluding diaryl/α,β-unsaturated/α-hetero) is 1. The molecule has 3 rings (SSSR count). The first kappa shape index (κ1) is 21.4. The molecule has 1 atom stereocenters. The maximum atomic E-state index is 13.5. The highest BCUT2D eigenvalue weighted by Gasteiger charge is 2.84. The molecule has 2 aliphatic rings. The van der Waals surface area contributed by atoms with E-state index in [1.807, 2.05) is 25.1 Å². The van der Waals surface area contributed by atoms with Crippen molar-refractivity contribution in [2.45, 2.75) is 80.3 Å². The fourth-order valence-electron chi connectivity index (χ4n) is 3.91. The van der Waals surface area contributed by atoms with Gasteiger partial charge in [-0.3, -0.25) is 4.79 Å². The van der Waals surface area contributed by atoms with Crippen LogP contribution in [0.15, 0.2) is 30.3 Å². The van der Waals surface area contributed by atoms with E-state index in [1.54, 1.807) is 12.1 Å². The number of rotatable bonds is 6. The largest absolute Gasteiger partial charge is 0.306 e. The SMILES string of the molecule is CC(C)(C)C(C)(C)CC1(C(C)(C(C)(C)C)C2(C(=O)c3ccccc3)OO2)OO1. The van der Waals surface area contributed by atoms with Gasteiger partial charge >= 0.3 is 5.79 Å². The van der Waals surface area contributed by atoms with Crippen molar-refractivity contribution < 1.29 is 24.3 Å². The predicted molar refractivity (Wildman–Crippen MR) is 106 cm³/mol. The average molecular weight is 391 g/mol. The van der Waals surface area contributed by atoms with Gasteiger partial charge in [0.1, 0.15) is 0 Å². The normalized spacial score (nSPS) is 23.0. The van der Waals surface area contributed by atoms with E-state index in [0.717, 1.165) is 0 Å². The Balaban J connectivity index is 2.07. The summed E-state index contributed by atoms with van der Waals surface area (Å²) in [6.07, 6.45) is 0.605. The van der Waals surface area contributed by atoms with Crippen LogP contribution in [0.5, 0.6) is 0 Å². The number of carbonyl (C=O) groups excluding carboxylic acids is 1.